The molecule has 1 aromatic heterocycles. The van der Waals surface area contributed by atoms with Crippen LogP contribution in [0.15, 0.2) is 36.7 Å². The molecule has 31 heavy (non-hydrogen) atoms. The molecule has 0 atom stereocenters. The molecule has 0 aliphatic carbocycles. The number of piperazine rings is 1. The summed E-state index contributed by atoms with van der Waals surface area (Å²) in [4.78, 5) is 38.5. The number of benzene rings is 1. The first kappa shape index (κ1) is 21.2. The molecule has 0 saturated carbocycles. The van der Waals surface area contributed by atoms with Gasteiger partial charge in [0.1, 0.15) is 12.1 Å². The lowest BCUT2D eigenvalue weighted by molar-refractivity contribution is -0.137. The van der Waals surface area contributed by atoms with E-state index >= 15 is 0 Å². The molecule has 2 aliphatic heterocycles. The Balaban J connectivity index is 1.33. The van der Waals surface area contributed by atoms with E-state index in [1.54, 1.807) is 6.33 Å². The van der Waals surface area contributed by atoms with Crippen molar-refractivity contribution in [1.29, 1.82) is 0 Å². The highest BCUT2D eigenvalue weighted by Gasteiger charge is 2.24. The van der Waals surface area contributed by atoms with Crippen LogP contribution >= 0.6 is 0 Å². The predicted molar refractivity (Wildman–Crippen MR) is 118 cm³/mol. The average molecular weight is 424 g/mol. The molecule has 0 bridgehead atoms. The summed E-state index contributed by atoms with van der Waals surface area (Å²) < 4.78 is 0. The predicted octanol–water partition coefficient (Wildman–Crippen LogP) is 1.91. The smallest absolute Gasteiger partial charge is 0.303 e. The maximum Gasteiger partial charge on any atom is 0.303 e. The van der Waals surface area contributed by atoms with Crippen LogP contribution < -0.4 is 4.90 Å². The number of rotatable bonds is 7. The summed E-state index contributed by atoms with van der Waals surface area (Å²) in [5.41, 5.74) is 2.83. The van der Waals surface area contributed by atoms with E-state index in [2.05, 4.69) is 19.8 Å². The van der Waals surface area contributed by atoms with Gasteiger partial charge in [0, 0.05) is 57.3 Å². The van der Waals surface area contributed by atoms with Gasteiger partial charge in [-0.05, 0) is 24.8 Å². The second kappa shape index (κ2) is 9.87. The summed E-state index contributed by atoms with van der Waals surface area (Å²) in [6, 6.07) is 9.86. The molecule has 1 amide bonds. The number of hydrogen-bond acceptors (Lipinski definition) is 6. The number of aromatic nitrogens is 2. The Morgan fingerprint density at radius 1 is 0.935 bits per heavy atom. The van der Waals surface area contributed by atoms with Gasteiger partial charge >= 0.3 is 5.97 Å². The van der Waals surface area contributed by atoms with Crippen molar-refractivity contribution in [2.24, 2.45) is 0 Å². The van der Waals surface area contributed by atoms with E-state index < -0.39 is 5.97 Å². The lowest BCUT2D eigenvalue weighted by Crippen LogP contribution is -2.50. The Bertz CT molecular complexity index is 904. The highest BCUT2D eigenvalue weighted by atomic mass is 16.4. The Labute approximate surface area is 182 Å². The molecule has 2 saturated heterocycles. The first-order valence-corrected chi connectivity index (χ1v) is 11.0. The van der Waals surface area contributed by atoms with Gasteiger partial charge in [0.25, 0.3) is 0 Å². The van der Waals surface area contributed by atoms with Gasteiger partial charge < -0.3 is 14.9 Å². The molecule has 0 radical (unpaired) electrons. The number of aliphatic carboxylic acids is 1. The first-order chi connectivity index (χ1) is 15.1. The van der Waals surface area contributed by atoms with Crippen molar-refractivity contribution in [3.63, 3.8) is 0 Å². The van der Waals surface area contributed by atoms with Crippen molar-refractivity contribution in [3.8, 4) is 11.3 Å². The highest BCUT2D eigenvalue weighted by molar-refractivity contribution is 5.78. The standard InChI is InChI=1S/C23H29N5O3/c29-22(28-9-1-2-10-28)16-26-11-13-27(14-12-26)21-15-20(24-17-25-21)19-6-3-18(4-7-19)5-8-23(30)31/h3-4,6-7,15,17H,1-2,5,8-14,16H2,(H,30,31). The molecular formula is C23H29N5O3. The third-order valence-corrected chi connectivity index (χ3v) is 6.04. The van der Waals surface area contributed by atoms with Crippen LogP contribution in [-0.2, 0) is 16.0 Å². The quantitative estimate of drug-likeness (QED) is 0.727. The van der Waals surface area contributed by atoms with E-state index in [0.717, 1.165) is 74.7 Å². The number of aryl methyl sites for hydroxylation is 1. The molecule has 8 nitrogen and oxygen atoms in total. The fraction of sp³-hybridized carbons (Fsp3) is 0.478. The third-order valence-electron chi connectivity index (χ3n) is 6.04. The number of likely N-dealkylation sites (tertiary alicyclic amines) is 1. The first-order valence-electron chi connectivity index (χ1n) is 11.0. The second-order valence-corrected chi connectivity index (χ2v) is 8.20. The monoisotopic (exact) mass is 423 g/mol. The number of carboxylic acid groups (broad SMARTS) is 1. The summed E-state index contributed by atoms with van der Waals surface area (Å²) in [5.74, 6) is 0.359. The van der Waals surface area contributed by atoms with E-state index in [9.17, 15) is 9.59 Å². The maximum atomic E-state index is 12.4. The molecule has 2 aromatic rings. The van der Waals surface area contributed by atoms with Gasteiger partial charge in [0.2, 0.25) is 5.91 Å². The van der Waals surface area contributed by atoms with Crippen molar-refractivity contribution >= 4 is 17.7 Å². The highest BCUT2D eigenvalue weighted by Crippen LogP contribution is 2.22. The molecule has 2 fully saturated rings. The Morgan fingerprint density at radius 2 is 1.65 bits per heavy atom. The topological polar surface area (TPSA) is 89.9 Å². The zero-order valence-corrected chi connectivity index (χ0v) is 17.7. The minimum atomic E-state index is -0.787. The normalized spacial score (nSPS) is 17.2. The van der Waals surface area contributed by atoms with Crippen LogP contribution in [0.1, 0.15) is 24.8 Å². The van der Waals surface area contributed by atoms with E-state index in [1.165, 1.54) is 0 Å². The van der Waals surface area contributed by atoms with Gasteiger partial charge in [0.05, 0.1) is 12.2 Å². The largest absolute Gasteiger partial charge is 0.481 e. The van der Waals surface area contributed by atoms with Crippen LogP contribution in [0.2, 0.25) is 0 Å². The van der Waals surface area contributed by atoms with Crippen molar-refractivity contribution < 1.29 is 14.7 Å². The van der Waals surface area contributed by atoms with Crippen molar-refractivity contribution in [2.75, 3.05) is 50.7 Å². The van der Waals surface area contributed by atoms with Crippen LogP contribution in [0.4, 0.5) is 5.82 Å². The Hall–Kier alpha value is -3.00. The van der Waals surface area contributed by atoms with Crippen molar-refractivity contribution in [1.82, 2.24) is 19.8 Å². The number of carbonyl (C=O) groups excluding carboxylic acids is 1. The van der Waals surface area contributed by atoms with Crippen molar-refractivity contribution in [2.45, 2.75) is 25.7 Å². The summed E-state index contributed by atoms with van der Waals surface area (Å²) in [7, 11) is 0. The molecule has 0 spiro atoms. The van der Waals surface area contributed by atoms with Crippen molar-refractivity contribution in [3.05, 3.63) is 42.2 Å². The summed E-state index contributed by atoms with van der Waals surface area (Å²) in [5, 5.41) is 8.83. The fourth-order valence-corrected chi connectivity index (χ4v) is 4.16. The summed E-state index contributed by atoms with van der Waals surface area (Å²) >= 11 is 0. The van der Waals surface area contributed by atoms with Crippen LogP contribution in [-0.4, -0.2) is 82.6 Å². The average Bonchev–Trinajstić information content (AvgIpc) is 3.34. The van der Waals surface area contributed by atoms with Crippen LogP contribution in [0.25, 0.3) is 11.3 Å². The molecule has 4 rings (SSSR count). The van der Waals surface area contributed by atoms with Crippen LogP contribution in [0, 0.1) is 0 Å². The number of hydrogen-bond donors (Lipinski definition) is 1. The van der Waals surface area contributed by atoms with Crippen LogP contribution in [0.5, 0.6) is 0 Å². The summed E-state index contributed by atoms with van der Waals surface area (Å²) in [6.07, 6.45) is 4.50. The number of carbonyl (C=O) groups is 2. The molecule has 3 heterocycles. The van der Waals surface area contributed by atoms with E-state index in [0.29, 0.717) is 13.0 Å². The SMILES string of the molecule is O=C(O)CCc1ccc(-c2cc(N3CCN(CC(=O)N4CCCC4)CC3)ncn2)cc1. The third kappa shape index (κ3) is 5.58. The number of amides is 1. The zero-order chi connectivity index (χ0) is 21.6. The van der Waals surface area contributed by atoms with E-state index in [-0.39, 0.29) is 12.3 Å². The minimum Gasteiger partial charge on any atom is -0.481 e. The van der Waals surface area contributed by atoms with Gasteiger partial charge in [0.15, 0.2) is 0 Å². The van der Waals surface area contributed by atoms with Gasteiger partial charge in [-0.1, -0.05) is 24.3 Å². The Kier molecular flexibility index (Phi) is 6.76. The van der Waals surface area contributed by atoms with Crippen LogP contribution in [0.3, 0.4) is 0 Å². The van der Waals surface area contributed by atoms with Gasteiger partial charge in [-0.15, -0.1) is 0 Å². The molecule has 2 aliphatic rings. The lowest BCUT2D eigenvalue weighted by atomic mass is 10.1. The molecule has 8 heteroatoms. The van der Waals surface area contributed by atoms with E-state index in [4.69, 9.17) is 5.11 Å². The molecular weight excluding hydrogens is 394 g/mol. The molecule has 1 aromatic carbocycles. The zero-order valence-electron chi connectivity index (χ0n) is 17.7. The van der Waals surface area contributed by atoms with E-state index in [1.807, 2.05) is 35.2 Å². The molecule has 0 unspecified atom stereocenters. The fourth-order valence-electron chi connectivity index (χ4n) is 4.16. The van der Waals surface area contributed by atoms with Gasteiger partial charge in [-0.3, -0.25) is 14.5 Å². The number of nitrogens with zero attached hydrogens (tertiary/aromatic N) is 5. The molecule has 1 N–H and O–H groups in total. The summed E-state index contributed by atoms with van der Waals surface area (Å²) in [6.45, 7) is 5.67. The lowest BCUT2D eigenvalue weighted by Gasteiger charge is -2.35. The van der Waals surface area contributed by atoms with Gasteiger partial charge in [-0.2, -0.15) is 0 Å². The number of anilines is 1. The molecule has 164 valence electrons. The Morgan fingerprint density at radius 3 is 2.32 bits per heavy atom. The minimum absolute atomic E-state index is 0.132. The number of carboxylic acids is 1. The maximum absolute atomic E-state index is 12.4. The second-order valence-electron chi connectivity index (χ2n) is 8.20. The van der Waals surface area contributed by atoms with Gasteiger partial charge in [-0.25, -0.2) is 9.97 Å².